The minimum absolute atomic E-state index is 0.242. The average molecular weight is 358 g/mol. The summed E-state index contributed by atoms with van der Waals surface area (Å²) >= 11 is 0. The van der Waals surface area contributed by atoms with Crippen LogP contribution in [0, 0.1) is 12.7 Å². The van der Waals surface area contributed by atoms with Gasteiger partial charge in [0.1, 0.15) is 23.5 Å². The molecule has 4 aromatic rings. The molecule has 0 saturated heterocycles. The molecule has 0 amide bonds. The molecule has 4 rings (SSSR count). The molecule has 0 spiro atoms. The van der Waals surface area contributed by atoms with Gasteiger partial charge in [-0.15, -0.1) is 0 Å². The topological polar surface area (TPSA) is 60.7 Å². The smallest absolute Gasteiger partial charge is 0.231 e. The van der Waals surface area contributed by atoms with Gasteiger partial charge in [-0.05, 0) is 48.4 Å². The number of hydrogen-bond acceptors (Lipinski definition) is 4. The van der Waals surface area contributed by atoms with Crippen LogP contribution in [0.15, 0.2) is 73.6 Å². The molecular weight excluding hydrogens is 343 g/mol. The first-order chi connectivity index (χ1) is 13.1. The van der Waals surface area contributed by atoms with E-state index >= 15 is 0 Å². The molecule has 0 unspecified atom stereocenters. The first-order valence-electron chi connectivity index (χ1n) is 8.33. The van der Waals surface area contributed by atoms with Gasteiger partial charge in [-0.1, -0.05) is 12.1 Å². The van der Waals surface area contributed by atoms with E-state index in [4.69, 9.17) is 0 Å². The highest BCUT2D eigenvalue weighted by Crippen LogP contribution is 2.24. The molecule has 0 aliphatic heterocycles. The van der Waals surface area contributed by atoms with Crippen molar-refractivity contribution in [2.24, 2.45) is 0 Å². The summed E-state index contributed by atoms with van der Waals surface area (Å²) in [6, 6.07) is 12.5. The molecule has 3 aromatic heterocycles. The number of aromatic nitrogens is 4. The van der Waals surface area contributed by atoms with Crippen LogP contribution in [0.4, 0.5) is 4.39 Å². The standard InChI is InChI=1S/C21H15FN4O/c1-14-5-8-24-19(9-14)21(27)20-12-26(13-25-20)16-4-2-3-15(10-16)17-6-7-23-11-18(17)22/h2-13H,1H3. The summed E-state index contributed by atoms with van der Waals surface area (Å²) in [5, 5.41) is 0. The molecule has 0 atom stereocenters. The second-order valence-electron chi connectivity index (χ2n) is 6.12. The zero-order valence-corrected chi connectivity index (χ0v) is 14.5. The molecule has 27 heavy (non-hydrogen) atoms. The number of carbonyl (C=O) groups is 1. The second-order valence-corrected chi connectivity index (χ2v) is 6.12. The van der Waals surface area contributed by atoms with Crippen molar-refractivity contribution in [1.82, 2.24) is 19.5 Å². The molecule has 3 heterocycles. The van der Waals surface area contributed by atoms with Crippen LogP contribution in [0.3, 0.4) is 0 Å². The third kappa shape index (κ3) is 3.37. The molecule has 0 N–H and O–H groups in total. The summed E-state index contributed by atoms with van der Waals surface area (Å²) in [5.41, 5.74) is 3.57. The summed E-state index contributed by atoms with van der Waals surface area (Å²) in [6.45, 7) is 1.90. The summed E-state index contributed by atoms with van der Waals surface area (Å²) in [7, 11) is 0. The van der Waals surface area contributed by atoms with Gasteiger partial charge in [-0.25, -0.2) is 9.37 Å². The van der Waals surface area contributed by atoms with E-state index in [1.807, 2.05) is 37.3 Å². The van der Waals surface area contributed by atoms with Crippen LogP contribution in [0.25, 0.3) is 16.8 Å². The molecule has 5 nitrogen and oxygen atoms in total. The van der Waals surface area contributed by atoms with E-state index in [1.54, 1.807) is 41.6 Å². The van der Waals surface area contributed by atoms with Crippen molar-refractivity contribution in [2.45, 2.75) is 6.92 Å². The summed E-state index contributed by atoms with van der Waals surface area (Å²) in [6.07, 6.45) is 7.55. The maximum atomic E-state index is 14.0. The fraction of sp³-hybridized carbons (Fsp3) is 0.0476. The van der Waals surface area contributed by atoms with Crippen LogP contribution in [0.1, 0.15) is 21.7 Å². The highest BCUT2D eigenvalue weighted by Gasteiger charge is 2.14. The van der Waals surface area contributed by atoms with Crippen LogP contribution in [-0.2, 0) is 0 Å². The molecule has 0 aliphatic carbocycles. The number of rotatable bonds is 4. The van der Waals surface area contributed by atoms with E-state index in [0.29, 0.717) is 22.5 Å². The highest BCUT2D eigenvalue weighted by atomic mass is 19.1. The predicted octanol–water partition coefficient (Wildman–Crippen LogP) is 4.01. The lowest BCUT2D eigenvalue weighted by atomic mass is 10.1. The molecule has 132 valence electrons. The van der Waals surface area contributed by atoms with Crippen molar-refractivity contribution in [3.63, 3.8) is 0 Å². The first-order valence-corrected chi connectivity index (χ1v) is 8.33. The largest absolute Gasteiger partial charge is 0.306 e. The van der Waals surface area contributed by atoms with E-state index < -0.39 is 0 Å². The van der Waals surface area contributed by atoms with Crippen LogP contribution in [0.5, 0.6) is 0 Å². The number of halogens is 1. The van der Waals surface area contributed by atoms with Gasteiger partial charge in [0.15, 0.2) is 0 Å². The summed E-state index contributed by atoms with van der Waals surface area (Å²) in [5.74, 6) is -0.629. The van der Waals surface area contributed by atoms with Gasteiger partial charge in [0.25, 0.3) is 0 Å². The lowest BCUT2D eigenvalue weighted by molar-refractivity contribution is 0.103. The quantitative estimate of drug-likeness (QED) is 0.517. The van der Waals surface area contributed by atoms with E-state index in [9.17, 15) is 9.18 Å². The second kappa shape index (κ2) is 6.92. The molecule has 6 heteroatoms. The number of aryl methyl sites for hydroxylation is 1. The fourth-order valence-corrected chi connectivity index (χ4v) is 2.82. The minimum atomic E-state index is -0.387. The number of nitrogens with zero attached hydrogens (tertiary/aromatic N) is 4. The van der Waals surface area contributed by atoms with Gasteiger partial charge in [0.05, 0.1) is 6.20 Å². The number of pyridine rings is 2. The van der Waals surface area contributed by atoms with Crippen molar-refractivity contribution in [2.75, 3.05) is 0 Å². The first kappa shape index (κ1) is 16.8. The predicted molar refractivity (Wildman–Crippen MR) is 99.2 cm³/mol. The highest BCUT2D eigenvalue weighted by molar-refractivity contribution is 6.06. The van der Waals surface area contributed by atoms with Crippen LogP contribution in [-0.4, -0.2) is 25.3 Å². The van der Waals surface area contributed by atoms with Crippen molar-refractivity contribution in [3.8, 4) is 16.8 Å². The minimum Gasteiger partial charge on any atom is -0.306 e. The lowest BCUT2D eigenvalue weighted by Crippen LogP contribution is -2.04. The summed E-state index contributed by atoms with van der Waals surface area (Å²) in [4.78, 5) is 24.7. The van der Waals surface area contributed by atoms with Gasteiger partial charge in [-0.2, -0.15) is 0 Å². The van der Waals surface area contributed by atoms with Crippen LogP contribution in [0.2, 0.25) is 0 Å². The molecule has 0 bridgehead atoms. The van der Waals surface area contributed by atoms with Crippen molar-refractivity contribution >= 4 is 5.78 Å². The zero-order chi connectivity index (χ0) is 18.8. The van der Waals surface area contributed by atoms with Crippen molar-refractivity contribution < 1.29 is 9.18 Å². The van der Waals surface area contributed by atoms with Gasteiger partial charge in [0, 0.05) is 29.8 Å². The van der Waals surface area contributed by atoms with Gasteiger partial charge in [0.2, 0.25) is 5.78 Å². The van der Waals surface area contributed by atoms with E-state index in [0.717, 1.165) is 11.3 Å². The molecule has 1 aromatic carbocycles. The number of imidazole rings is 1. The molecule has 0 aliphatic rings. The Morgan fingerprint density at radius 3 is 2.74 bits per heavy atom. The maximum absolute atomic E-state index is 14.0. The molecule has 0 fully saturated rings. The Morgan fingerprint density at radius 1 is 1.04 bits per heavy atom. The number of ketones is 1. The van der Waals surface area contributed by atoms with Crippen LogP contribution < -0.4 is 0 Å². The van der Waals surface area contributed by atoms with E-state index in [2.05, 4.69) is 15.0 Å². The third-order valence-corrected chi connectivity index (χ3v) is 4.19. The zero-order valence-electron chi connectivity index (χ0n) is 14.5. The van der Waals surface area contributed by atoms with Crippen molar-refractivity contribution in [1.29, 1.82) is 0 Å². The Bertz CT molecular complexity index is 1140. The van der Waals surface area contributed by atoms with Gasteiger partial charge < -0.3 is 4.57 Å². The number of hydrogen-bond donors (Lipinski definition) is 0. The Kier molecular flexibility index (Phi) is 4.30. The van der Waals surface area contributed by atoms with Gasteiger partial charge in [-0.3, -0.25) is 14.8 Å². The molecule has 0 radical (unpaired) electrons. The monoisotopic (exact) mass is 358 g/mol. The van der Waals surface area contributed by atoms with Crippen molar-refractivity contribution in [3.05, 3.63) is 96.3 Å². The SMILES string of the molecule is Cc1ccnc(C(=O)c2cn(-c3cccc(-c4ccncc4F)c3)cn2)c1. The Labute approximate surface area is 155 Å². The van der Waals surface area contributed by atoms with E-state index in [-0.39, 0.29) is 11.6 Å². The number of benzene rings is 1. The Morgan fingerprint density at radius 2 is 1.93 bits per heavy atom. The average Bonchev–Trinajstić information content (AvgIpc) is 3.18. The van der Waals surface area contributed by atoms with Crippen LogP contribution >= 0.6 is 0 Å². The normalized spacial score (nSPS) is 10.7. The lowest BCUT2D eigenvalue weighted by Gasteiger charge is -2.07. The summed E-state index contributed by atoms with van der Waals surface area (Å²) < 4.78 is 15.7. The Balaban J connectivity index is 1.67. The fourth-order valence-electron chi connectivity index (χ4n) is 2.82. The molecular formula is C21H15FN4O. The number of carbonyl (C=O) groups excluding carboxylic acids is 1. The van der Waals surface area contributed by atoms with E-state index in [1.165, 1.54) is 6.20 Å². The maximum Gasteiger partial charge on any atom is 0.231 e. The van der Waals surface area contributed by atoms with Gasteiger partial charge >= 0.3 is 0 Å². The third-order valence-electron chi connectivity index (χ3n) is 4.19. The molecule has 0 saturated carbocycles. The Hall–Kier alpha value is -3.67.